The van der Waals surface area contributed by atoms with Crippen molar-refractivity contribution in [1.29, 1.82) is 0 Å². The fourth-order valence-corrected chi connectivity index (χ4v) is 3.90. The molecule has 0 atom stereocenters. The fourth-order valence-electron chi connectivity index (χ4n) is 3.90. The number of fused-ring (bicyclic) bond motifs is 1. The molecule has 174 valence electrons. The molecule has 3 aromatic rings. The zero-order chi connectivity index (χ0) is 23.5. The second kappa shape index (κ2) is 9.36. The van der Waals surface area contributed by atoms with Gasteiger partial charge in [-0.1, -0.05) is 18.2 Å². The number of hydrogen-bond donors (Lipinski definition) is 3. The molecule has 0 aliphatic carbocycles. The van der Waals surface area contributed by atoms with E-state index in [9.17, 15) is 14.4 Å². The van der Waals surface area contributed by atoms with Crippen LogP contribution in [0.3, 0.4) is 0 Å². The molecule has 0 radical (unpaired) electrons. The average Bonchev–Trinajstić information content (AvgIpc) is 2.87. The lowest BCUT2D eigenvalue weighted by atomic mass is 10.1. The summed E-state index contributed by atoms with van der Waals surface area (Å²) in [5.74, 6) is -0.243. The van der Waals surface area contributed by atoms with Gasteiger partial charge in [0.05, 0.1) is 24.6 Å². The zero-order valence-corrected chi connectivity index (χ0v) is 18.3. The van der Waals surface area contributed by atoms with Gasteiger partial charge in [-0.3, -0.25) is 14.4 Å². The molecule has 2 aliphatic heterocycles. The molecule has 2 amide bonds. The number of morpholine rings is 1. The van der Waals surface area contributed by atoms with E-state index in [0.29, 0.717) is 30.3 Å². The van der Waals surface area contributed by atoms with Crippen molar-refractivity contribution in [2.75, 3.05) is 43.1 Å². The van der Waals surface area contributed by atoms with Gasteiger partial charge in [-0.2, -0.15) is 0 Å². The second-order valence-electron chi connectivity index (χ2n) is 7.98. The Hall–Kier alpha value is -4.18. The molecule has 10 heteroatoms. The van der Waals surface area contributed by atoms with E-state index in [0.717, 1.165) is 29.9 Å². The maximum Gasteiger partial charge on any atom is 0.287 e. The van der Waals surface area contributed by atoms with Crippen LogP contribution in [-0.2, 0) is 16.1 Å². The van der Waals surface area contributed by atoms with Gasteiger partial charge in [0.25, 0.3) is 17.4 Å². The van der Waals surface area contributed by atoms with Gasteiger partial charge in [-0.25, -0.2) is 4.98 Å². The molecule has 0 unspecified atom stereocenters. The molecule has 34 heavy (non-hydrogen) atoms. The molecule has 5 rings (SSSR count). The standard InChI is InChI=1S/C24H23N5O5/c30-21-12-18(16-2-1-3-17(11-16)29-6-8-33-9-7-29)27-23(28-21)24(32)25-13-15-4-5-20-19(10-15)26-22(31)14-34-20/h1-5,10-12H,6-9,13-14H2,(H,25,32)(H,26,31)(H,27,28,30). The van der Waals surface area contributed by atoms with Gasteiger partial charge in [-0.15, -0.1) is 0 Å². The Balaban J connectivity index is 1.32. The number of ether oxygens (including phenoxy) is 2. The lowest BCUT2D eigenvalue weighted by Crippen LogP contribution is -2.36. The highest BCUT2D eigenvalue weighted by Crippen LogP contribution is 2.28. The number of benzene rings is 2. The Morgan fingerprint density at radius 3 is 2.79 bits per heavy atom. The van der Waals surface area contributed by atoms with E-state index in [-0.39, 0.29) is 24.9 Å². The lowest BCUT2D eigenvalue weighted by Gasteiger charge is -2.29. The van der Waals surface area contributed by atoms with Gasteiger partial charge in [0.2, 0.25) is 0 Å². The lowest BCUT2D eigenvalue weighted by molar-refractivity contribution is -0.118. The van der Waals surface area contributed by atoms with E-state index in [2.05, 4.69) is 25.5 Å². The van der Waals surface area contributed by atoms with E-state index >= 15 is 0 Å². The van der Waals surface area contributed by atoms with Gasteiger partial charge < -0.3 is 30.0 Å². The number of rotatable bonds is 5. The summed E-state index contributed by atoms with van der Waals surface area (Å²) in [6, 6.07) is 14.4. The topological polar surface area (TPSA) is 126 Å². The van der Waals surface area contributed by atoms with E-state index in [1.165, 1.54) is 6.07 Å². The van der Waals surface area contributed by atoms with Crippen molar-refractivity contribution in [2.45, 2.75) is 6.54 Å². The van der Waals surface area contributed by atoms with Crippen molar-refractivity contribution in [3.05, 3.63) is 70.3 Å². The molecule has 0 bridgehead atoms. The number of amides is 2. The monoisotopic (exact) mass is 461 g/mol. The van der Waals surface area contributed by atoms with Crippen LogP contribution < -0.4 is 25.8 Å². The van der Waals surface area contributed by atoms with Crippen LogP contribution in [0.25, 0.3) is 11.3 Å². The smallest absolute Gasteiger partial charge is 0.287 e. The molecule has 1 fully saturated rings. The molecule has 3 heterocycles. The highest BCUT2D eigenvalue weighted by molar-refractivity contribution is 5.95. The van der Waals surface area contributed by atoms with E-state index in [1.807, 2.05) is 24.3 Å². The predicted molar refractivity (Wildman–Crippen MR) is 125 cm³/mol. The fraction of sp³-hybridized carbons (Fsp3) is 0.250. The number of aromatic amines is 1. The highest BCUT2D eigenvalue weighted by atomic mass is 16.5. The minimum absolute atomic E-state index is 0.0200. The molecule has 1 aromatic heterocycles. The first-order chi connectivity index (χ1) is 16.5. The minimum Gasteiger partial charge on any atom is -0.482 e. The van der Waals surface area contributed by atoms with Crippen molar-refractivity contribution in [2.24, 2.45) is 0 Å². The molecule has 10 nitrogen and oxygen atoms in total. The molecular weight excluding hydrogens is 438 g/mol. The molecule has 3 N–H and O–H groups in total. The van der Waals surface area contributed by atoms with Crippen molar-refractivity contribution in [3.8, 4) is 17.0 Å². The number of nitrogens with zero attached hydrogens (tertiary/aromatic N) is 2. The maximum atomic E-state index is 12.7. The summed E-state index contributed by atoms with van der Waals surface area (Å²) in [7, 11) is 0. The van der Waals surface area contributed by atoms with Crippen molar-refractivity contribution in [1.82, 2.24) is 15.3 Å². The Kier molecular flexibility index (Phi) is 5.96. The summed E-state index contributed by atoms with van der Waals surface area (Å²) in [5, 5.41) is 5.49. The van der Waals surface area contributed by atoms with Gasteiger partial charge in [0, 0.05) is 37.0 Å². The molecular formula is C24H23N5O5. The quantitative estimate of drug-likeness (QED) is 0.526. The average molecular weight is 461 g/mol. The normalized spacial score (nSPS) is 15.2. The van der Waals surface area contributed by atoms with E-state index in [4.69, 9.17) is 9.47 Å². The van der Waals surface area contributed by atoms with Gasteiger partial charge in [-0.05, 0) is 29.8 Å². The first-order valence-electron chi connectivity index (χ1n) is 10.9. The number of carbonyl (C=O) groups excluding carboxylic acids is 2. The summed E-state index contributed by atoms with van der Waals surface area (Å²) < 4.78 is 10.8. The third-order valence-electron chi connectivity index (χ3n) is 5.60. The number of hydrogen-bond acceptors (Lipinski definition) is 7. The molecule has 0 spiro atoms. The van der Waals surface area contributed by atoms with Crippen molar-refractivity contribution >= 4 is 23.2 Å². The van der Waals surface area contributed by atoms with E-state index in [1.54, 1.807) is 18.2 Å². The third-order valence-corrected chi connectivity index (χ3v) is 5.60. The summed E-state index contributed by atoms with van der Waals surface area (Å²) in [5.41, 5.74) is 3.07. The molecule has 2 aromatic carbocycles. The molecule has 1 saturated heterocycles. The molecule has 0 saturated carbocycles. The highest BCUT2D eigenvalue weighted by Gasteiger charge is 2.17. The number of nitrogens with one attached hydrogen (secondary N) is 3. The Morgan fingerprint density at radius 2 is 1.94 bits per heavy atom. The summed E-state index contributed by atoms with van der Waals surface area (Å²) >= 11 is 0. The largest absolute Gasteiger partial charge is 0.482 e. The second-order valence-corrected chi connectivity index (χ2v) is 7.98. The first-order valence-corrected chi connectivity index (χ1v) is 10.9. The van der Waals surface area contributed by atoms with E-state index < -0.39 is 11.5 Å². The van der Waals surface area contributed by atoms with Crippen molar-refractivity contribution in [3.63, 3.8) is 0 Å². The first kappa shape index (κ1) is 21.7. The van der Waals surface area contributed by atoms with Gasteiger partial charge in [0.15, 0.2) is 12.4 Å². The van der Waals surface area contributed by atoms with Gasteiger partial charge >= 0.3 is 0 Å². The number of carbonyl (C=O) groups is 2. The van der Waals surface area contributed by atoms with Crippen LogP contribution in [0.2, 0.25) is 0 Å². The van der Waals surface area contributed by atoms with Crippen LogP contribution in [0, 0.1) is 0 Å². The third kappa shape index (κ3) is 4.76. The Bertz CT molecular complexity index is 1300. The summed E-state index contributed by atoms with van der Waals surface area (Å²) in [6.45, 7) is 3.08. The van der Waals surface area contributed by atoms with Crippen LogP contribution >= 0.6 is 0 Å². The zero-order valence-electron chi connectivity index (χ0n) is 18.3. The number of aromatic nitrogens is 2. The predicted octanol–water partition coefficient (Wildman–Crippen LogP) is 1.53. The van der Waals surface area contributed by atoms with Crippen molar-refractivity contribution < 1.29 is 19.1 Å². The van der Waals surface area contributed by atoms with Crippen LogP contribution in [0.5, 0.6) is 5.75 Å². The maximum absolute atomic E-state index is 12.7. The van der Waals surface area contributed by atoms with Crippen LogP contribution in [0.1, 0.15) is 16.2 Å². The summed E-state index contributed by atoms with van der Waals surface area (Å²) in [6.07, 6.45) is 0. The Labute approximate surface area is 194 Å². The van der Waals surface area contributed by atoms with Gasteiger partial charge in [0.1, 0.15) is 5.75 Å². The number of H-pyrrole nitrogens is 1. The van der Waals surface area contributed by atoms with Crippen LogP contribution in [0.4, 0.5) is 11.4 Å². The SMILES string of the molecule is O=C1COc2ccc(CNC(=O)c3nc(-c4cccc(N5CCOCC5)c4)cc(=O)[nH]3)cc2N1. The molecule has 2 aliphatic rings. The number of anilines is 2. The van der Waals surface area contributed by atoms with Crippen LogP contribution in [0.15, 0.2) is 53.3 Å². The van der Waals surface area contributed by atoms with Crippen LogP contribution in [-0.4, -0.2) is 54.7 Å². The Morgan fingerprint density at radius 1 is 1.09 bits per heavy atom. The minimum atomic E-state index is -0.513. The summed E-state index contributed by atoms with van der Waals surface area (Å²) in [4.78, 5) is 45.7.